The molecule has 1 atom stereocenters. The van der Waals surface area contributed by atoms with Gasteiger partial charge in [0.25, 0.3) is 0 Å². The fourth-order valence-corrected chi connectivity index (χ4v) is 3.77. The summed E-state index contributed by atoms with van der Waals surface area (Å²) in [6, 6.07) is 8.32. The van der Waals surface area contributed by atoms with Crippen molar-refractivity contribution in [3.05, 3.63) is 38.6 Å². The number of hydrogen-bond acceptors (Lipinski definition) is 3. The Morgan fingerprint density at radius 3 is 2.68 bits per heavy atom. The summed E-state index contributed by atoms with van der Waals surface area (Å²) in [5, 5.41) is 1.11. The van der Waals surface area contributed by atoms with Gasteiger partial charge in [0, 0.05) is 21.5 Å². The topological polar surface area (TPSA) is 22.1 Å². The molecule has 1 aliphatic rings. The Labute approximate surface area is 126 Å². The van der Waals surface area contributed by atoms with Gasteiger partial charge in [0.2, 0.25) is 0 Å². The van der Waals surface area contributed by atoms with Crippen LogP contribution >= 0.6 is 27.3 Å². The molecule has 0 radical (unpaired) electrons. The lowest BCUT2D eigenvalue weighted by atomic mass is 10.0. The monoisotopic (exact) mass is 337 g/mol. The van der Waals surface area contributed by atoms with Gasteiger partial charge in [-0.25, -0.2) is 4.98 Å². The van der Waals surface area contributed by atoms with Gasteiger partial charge >= 0.3 is 0 Å². The molecular formula is C15H16BrNOS. The summed E-state index contributed by atoms with van der Waals surface area (Å²) in [7, 11) is 0. The van der Waals surface area contributed by atoms with Crippen LogP contribution in [0.5, 0.6) is 0 Å². The normalized spacial score (nSPS) is 22.9. The lowest BCUT2D eigenvalue weighted by Gasteiger charge is -2.19. The molecule has 19 heavy (non-hydrogen) atoms. The number of halogens is 1. The highest BCUT2D eigenvalue weighted by atomic mass is 79.9. The number of aromatic nitrogens is 1. The van der Waals surface area contributed by atoms with Gasteiger partial charge in [0.1, 0.15) is 10.6 Å². The molecule has 0 saturated carbocycles. The Balaban J connectivity index is 1.99. The number of thiazole rings is 1. The van der Waals surface area contributed by atoms with E-state index in [1.165, 1.54) is 10.4 Å². The van der Waals surface area contributed by atoms with Gasteiger partial charge in [-0.2, -0.15) is 0 Å². The molecule has 4 heteroatoms. The van der Waals surface area contributed by atoms with Crippen LogP contribution in [0.15, 0.2) is 28.7 Å². The number of ether oxygens (including phenoxy) is 1. The van der Waals surface area contributed by atoms with E-state index in [2.05, 4.69) is 54.0 Å². The number of nitrogens with zero attached hydrogens (tertiary/aromatic N) is 1. The first kappa shape index (κ1) is 13.3. The van der Waals surface area contributed by atoms with Crippen LogP contribution < -0.4 is 0 Å². The standard InChI is InChI=1S/C15H16BrNOS/c1-10-13(11-4-6-12(16)7-5-11)17-14(19-10)15(2)8-3-9-18-15/h4-7H,3,8-9H2,1-2H3. The zero-order valence-corrected chi connectivity index (χ0v) is 13.5. The summed E-state index contributed by atoms with van der Waals surface area (Å²) >= 11 is 5.23. The summed E-state index contributed by atoms with van der Waals surface area (Å²) in [6.07, 6.45) is 2.20. The lowest BCUT2D eigenvalue weighted by Crippen LogP contribution is -2.19. The molecule has 0 amide bonds. The number of aryl methyl sites for hydroxylation is 1. The smallest absolute Gasteiger partial charge is 0.125 e. The summed E-state index contributed by atoms with van der Waals surface area (Å²) in [4.78, 5) is 6.10. The molecular weight excluding hydrogens is 322 g/mol. The summed E-state index contributed by atoms with van der Waals surface area (Å²) in [5.41, 5.74) is 2.08. The molecule has 2 aromatic rings. The van der Waals surface area contributed by atoms with Crippen LogP contribution in [0.4, 0.5) is 0 Å². The Morgan fingerprint density at radius 1 is 1.32 bits per heavy atom. The van der Waals surface area contributed by atoms with Crippen molar-refractivity contribution in [3.63, 3.8) is 0 Å². The SMILES string of the molecule is Cc1sc(C2(C)CCCO2)nc1-c1ccc(Br)cc1. The van der Waals surface area contributed by atoms with Crippen molar-refractivity contribution < 1.29 is 4.74 Å². The molecule has 2 heterocycles. The van der Waals surface area contributed by atoms with E-state index in [0.717, 1.165) is 34.6 Å². The molecule has 0 spiro atoms. The second-order valence-electron chi connectivity index (χ2n) is 5.11. The average molecular weight is 338 g/mol. The predicted octanol–water partition coefficient (Wildman–Crippen LogP) is 4.91. The molecule has 1 aliphatic heterocycles. The first-order valence-corrected chi connectivity index (χ1v) is 8.07. The third-order valence-electron chi connectivity index (χ3n) is 3.59. The van der Waals surface area contributed by atoms with E-state index in [4.69, 9.17) is 9.72 Å². The van der Waals surface area contributed by atoms with E-state index in [1.54, 1.807) is 11.3 Å². The van der Waals surface area contributed by atoms with E-state index < -0.39 is 0 Å². The van der Waals surface area contributed by atoms with E-state index in [-0.39, 0.29) is 5.60 Å². The molecule has 1 aromatic carbocycles. The second kappa shape index (κ2) is 5.00. The summed E-state index contributed by atoms with van der Waals surface area (Å²) in [5.74, 6) is 0. The zero-order valence-electron chi connectivity index (χ0n) is 11.1. The Hall–Kier alpha value is -0.710. The quantitative estimate of drug-likeness (QED) is 0.776. The third-order valence-corrected chi connectivity index (χ3v) is 5.33. The van der Waals surface area contributed by atoms with Crippen LogP contribution in [0, 0.1) is 6.92 Å². The molecule has 0 N–H and O–H groups in total. The van der Waals surface area contributed by atoms with E-state index in [9.17, 15) is 0 Å². The summed E-state index contributed by atoms with van der Waals surface area (Å²) in [6.45, 7) is 5.14. The van der Waals surface area contributed by atoms with Crippen molar-refractivity contribution in [1.29, 1.82) is 0 Å². The lowest BCUT2D eigenvalue weighted by molar-refractivity contribution is 0.0167. The number of benzene rings is 1. The number of rotatable bonds is 2. The minimum atomic E-state index is -0.178. The molecule has 0 bridgehead atoms. The second-order valence-corrected chi connectivity index (χ2v) is 7.23. The molecule has 1 saturated heterocycles. The maximum absolute atomic E-state index is 5.89. The van der Waals surface area contributed by atoms with Gasteiger partial charge in [0.05, 0.1) is 5.69 Å². The van der Waals surface area contributed by atoms with Gasteiger partial charge in [-0.1, -0.05) is 28.1 Å². The van der Waals surface area contributed by atoms with Crippen molar-refractivity contribution in [1.82, 2.24) is 4.98 Å². The minimum Gasteiger partial charge on any atom is -0.368 e. The molecule has 0 aliphatic carbocycles. The maximum atomic E-state index is 5.89. The first-order valence-electron chi connectivity index (χ1n) is 6.46. The Bertz CT molecular complexity index is 585. The van der Waals surface area contributed by atoms with Crippen molar-refractivity contribution >= 4 is 27.3 Å². The molecule has 1 unspecified atom stereocenters. The van der Waals surface area contributed by atoms with E-state index in [0.29, 0.717) is 0 Å². The predicted molar refractivity (Wildman–Crippen MR) is 82.5 cm³/mol. The van der Waals surface area contributed by atoms with E-state index in [1.807, 2.05) is 0 Å². The van der Waals surface area contributed by atoms with Gasteiger partial charge in [-0.05, 0) is 38.8 Å². The van der Waals surface area contributed by atoms with Crippen molar-refractivity contribution in [2.75, 3.05) is 6.61 Å². The third kappa shape index (κ3) is 2.49. The Kier molecular flexibility index (Phi) is 3.50. The van der Waals surface area contributed by atoms with Gasteiger partial charge < -0.3 is 4.74 Å². The van der Waals surface area contributed by atoms with Crippen LogP contribution in [0.3, 0.4) is 0 Å². The van der Waals surface area contributed by atoms with Crippen LogP contribution in [-0.4, -0.2) is 11.6 Å². The van der Waals surface area contributed by atoms with Gasteiger partial charge in [0.15, 0.2) is 0 Å². The first-order chi connectivity index (χ1) is 9.08. The average Bonchev–Trinajstić information content (AvgIpc) is 2.98. The molecule has 3 rings (SSSR count). The molecule has 100 valence electrons. The van der Waals surface area contributed by atoms with Crippen LogP contribution in [0.1, 0.15) is 29.7 Å². The van der Waals surface area contributed by atoms with Crippen LogP contribution in [-0.2, 0) is 10.3 Å². The highest BCUT2D eigenvalue weighted by Gasteiger charge is 2.35. The van der Waals surface area contributed by atoms with Crippen molar-refractivity contribution in [2.45, 2.75) is 32.3 Å². The largest absolute Gasteiger partial charge is 0.368 e. The number of hydrogen-bond donors (Lipinski definition) is 0. The van der Waals surface area contributed by atoms with Crippen molar-refractivity contribution in [2.24, 2.45) is 0 Å². The molecule has 1 aromatic heterocycles. The molecule has 1 fully saturated rings. The highest BCUT2D eigenvalue weighted by molar-refractivity contribution is 9.10. The van der Waals surface area contributed by atoms with Gasteiger partial charge in [-0.3, -0.25) is 0 Å². The minimum absolute atomic E-state index is 0.178. The van der Waals surface area contributed by atoms with Crippen LogP contribution in [0.25, 0.3) is 11.3 Å². The highest BCUT2D eigenvalue weighted by Crippen LogP contribution is 2.40. The zero-order chi connectivity index (χ0) is 13.5. The van der Waals surface area contributed by atoms with Crippen LogP contribution in [0.2, 0.25) is 0 Å². The Morgan fingerprint density at radius 2 is 2.05 bits per heavy atom. The fraction of sp³-hybridized carbons (Fsp3) is 0.400. The molecule has 2 nitrogen and oxygen atoms in total. The van der Waals surface area contributed by atoms with Crippen molar-refractivity contribution in [3.8, 4) is 11.3 Å². The maximum Gasteiger partial charge on any atom is 0.125 e. The van der Waals surface area contributed by atoms with E-state index >= 15 is 0 Å². The fourth-order valence-electron chi connectivity index (χ4n) is 2.45. The van der Waals surface area contributed by atoms with Gasteiger partial charge in [-0.15, -0.1) is 11.3 Å². The summed E-state index contributed by atoms with van der Waals surface area (Å²) < 4.78 is 6.98.